The highest BCUT2D eigenvalue weighted by atomic mass is 32.1. The number of benzene rings is 1. The zero-order valence-corrected chi connectivity index (χ0v) is 14.1. The number of aliphatic hydroxyl groups is 1. The van der Waals surface area contributed by atoms with Crippen molar-refractivity contribution in [2.24, 2.45) is 0 Å². The van der Waals surface area contributed by atoms with Crippen LogP contribution in [0.4, 0.5) is 0 Å². The fourth-order valence-electron chi connectivity index (χ4n) is 2.95. The van der Waals surface area contributed by atoms with Crippen molar-refractivity contribution in [3.63, 3.8) is 0 Å². The van der Waals surface area contributed by atoms with Crippen LogP contribution in [0.25, 0.3) is 0 Å². The van der Waals surface area contributed by atoms with Crippen molar-refractivity contribution in [3.05, 3.63) is 55.3 Å². The van der Waals surface area contributed by atoms with Crippen molar-refractivity contribution in [3.8, 4) is 0 Å². The molecule has 0 aliphatic rings. The third kappa shape index (κ3) is 2.32. The van der Waals surface area contributed by atoms with Crippen LogP contribution in [0.3, 0.4) is 0 Å². The van der Waals surface area contributed by atoms with Crippen molar-refractivity contribution in [1.29, 1.82) is 0 Å². The molecule has 0 radical (unpaired) electrons. The molecule has 0 fully saturated rings. The minimum atomic E-state index is -0.497. The summed E-state index contributed by atoms with van der Waals surface area (Å²) in [5, 5.41) is 13.0. The molecule has 1 unspecified atom stereocenters. The molecule has 0 saturated carbocycles. The second-order valence-corrected chi connectivity index (χ2v) is 6.55. The van der Waals surface area contributed by atoms with Crippen LogP contribution in [0.1, 0.15) is 56.8 Å². The smallest absolute Gasteiger partial charge is 0.114 e. The number of hydrogen-bond donors (Lipinski definition) is 1. The zero-order chi connectivity index (χ0) is 15.0. The zero-order valence-electron chi connectivity index (χ0n) is 13.3. The van der Waals surface area contributed by atoms with E-state index in [-0.39, 0.29) is 0 Å². The molecule has 0 aliphatic heterocycles. The minimum Gasteiger partial charge on any atom is -0.383 e. The lowest BCUT2D eigenvalue weighted by Crippen LogP contribution is -2.09. The Morgan fingerprint density at radius 2 is 1.45 bits per heavy atom. The van der Waals surface area contributed by atoms with Crippen molar-refractivity contribution in [2.45, 2.75) is 54.1 Å². The highest BCUT2D eigenvalue weighted by molar-refractivity contribution is 7.10. The van der Waals surface area contributed by atoms with Gasteiger partial charge in [0.05, 0.1) is 0 Å². The first-order chi connectivity index (χ1) is 9.40. The average Bonchev–Trinajstić information content (AvgIpc) is 2.91. The molecule has 0 spiro atoms. The van der Waals surface area contributed by atoms with Crippen molar-refractivity contribution < 1.29 is 5.11 Å². The van der Waals surface area contributed by atoms with E-state index in [0.29, 0.717) is 0 Å². The van der Waals surface area contributed by atoms with Crippen LogP contribution in [0, 0.1) is 34.6 Å². The van der Waals surface area contributed by atoms with Gasteiger partial charge in [-0.25, -0.2) is 0 Å². The molecule has 0 saturated heterocycles. The van der Waals surface area contributed by atoms with Gasteiger partial charge in [-0.3, -0.25) is 0 Å². The molecule has 1 N–H and O–H groups in total. The third-order valence-corrected chi connectivity index (χ3v) is 5.75. The van der Waals surface area contributed by atoms with E-state index in [4.69, 9.17) is 0 Å². The van der Waals surface area contributed by atoms with E-state index in [9.17, 15) is 5.11 Å². The van der Waals surface area contributed by atoms with Crippen molar-refractivity contribution in [1.82, 2.24) is 0 Å². The molecule has 108 valence electrons. The largest absolute Gasteiger partial charge is 0.383 e. The second-order valence-electron chi connectivity index (χ2n) is 5.60. The van der Waals surface area contributed by atoms with Gasteiger partial charge in [-0.2, -0.15) is 0 Å². The topological polar surface area (TPSA) is 20.2 Å². The molecule has 0 aliphatic carbocycles. The summed E-state index contributed by atoms with van der Waals surface area (Å²) in [7, 11) is 0. The predicted octanol–water partition coefficient (Wildman–Crippen LogP) is 4.93. The van der Waals surface area contributed by atoms with Gasteiger partial charge >= 0.3 is 0 Å². The molecule has 1 atom stereocenters. The van der Waals surface area contributed by atoms with Gasteiger partial charge < -0.3 is 5.11 Å². The van der Waals surface area contributed by atoms with Gasteiger partial charge in [0.1, 0.15) is 6.10 Å². The van der Waals surface area contributed by atoms with Crippen LogP contribution < -0.4 is 0 Å². The molecule has 0 amide bonds. The molecular weight excluding hydrogens is 264 g/mol. The van der Waals surface area contributed by atoms with Crippen LogP contribution in [-0.4, -0.2) is 5.11 Å². The Balaban J connectivity index is 2.64. The maximum Gasteiger partial charge on any atom is 0.114 e. The normalized spacial score (nSPS) is 12.8. The molecule has 2 heteroatoms. The molecule has 2 rings (SSSR count). The Hall–Kier alpha value is -1.12. The van der Waals surface area contributed by atoms with E-state index in [1.165, 1.54) is 33.4 Å². The van der Waals surface area contributed by atoms with Gasteiger partial charge in [-0.1, -0.05) is 6.92 Å². The van der Waals surface area contributed by atoms with Gasteiger partial charge in [-0.15, -0.1) is 11.3 Å². The van der Waals surface area contributed by atoms with Gasteiger partial charge in [0, 0.05) is 4.88 Å². The monoisotopic (exact) mass is 288 g/mol. The van der Waals surface area contributed by atoms with Crippen LogP contribution in [0.2, 0.25) is 0 Å². The maximum absolute atomic E-state index is 10.9. The number of thiophene rings is 1. The first-order valence-electron chi connectivity index (χ1n) is 7.21. The minimum absolute atomic E-state index is 0.497. The Labute approximate surface area is 126 Å². The summed E-state index contributed by atoms with van der Waals surface area (Å²) in [6.07, 6.45) is 0.473. The first kappa shape index (κ1) is 15.3. The van der Waals surface area contributed by atoms with E-state index in [0.717, 1.165) is 16.9 Å². The SMILES string of the molecule is CCc1ccsc1C(O)c1c(C)c(C)c(C)c(C)c1C. The molecule has 0 bridgehead atoms. The Morgan fingerprint density at radius 1 is 0.950 bits per heavy atom. The summed E-state index contributed by atoms with van der Waals surface area (Å²) in [6.45, 7) is 12.9. The molecule has 1 heterocycles. The van der Waals surface area contributed by atoms with Crippen molar-refractivity contribution in [2.75, 3.05) is 0 Å². The summed E-state index contributed by atoms with van der Waals surface area (Å²) in [5.41, 5.74) is 8.77. The van der Waals surface area contributed by atoms with E-state index < -0.39 is 6.10 Å². The van der Waals surface area contributed by atoms with E-state index >= 15 is 0 Å². The molecule has 2 aromatic rings. The summed E-state index contributed by atoms with van der Waals surface area (Å²) < 4.78 is 0. The summed E-state index contributed by atoms with van der Waals surface area (Å²) >= 11 is 1.66. The summed E-state index contributed by atoms with van der Waals surface area (Å²) in [4.78, 5) is 1.10. The van der Waals surface area contributed by atoms with Gasteiger partial charge in [0.2, 0.25) is 0 Å². The summed E-state index contributed by atoms with van der Waals surface area (Å²) in [5.74, 6) is 0. The highest BCUT2D eigenvalue weighted by Crippen LogP contribution is 2.36. The molecule has 1 aromatic carbocycles. The summed E-state index contributed by atoms with van der Waals surface area (Å²) in [6, 6.07) is 2.13. The highest BCUT2D eigenvalue weighted by Gasteiger charge is 2.22. The van der Waals surface area contributed by atoms with E-state index in [1.54, 1.807) is 11.3 Å². The third-order valence-electron chi connectivity index (χ3n) is 4.74. The fourth-order valence-corrected chi connectivity index (χ4v) is 3.94. The molecule has 1 nitrogen and oxygen atoms in total. The molecule has 20 heavy (non-hydrogen) atoms. The molecule has 1 aromatic heterocycles. The predicted molar refractivity (Wildman–Crippen MR) is 87.9 cm³/mol. The van der Waals surface area contributed by atoms with Gasteiger partial charge in [0.15, 0.2) is 0 Å². The van der Waals surface area contributed by atoms with Crippen molar-refractivity contribution >= 4 is 11.3 Å². The quantitative estimate of drug-likeness (QED) is 0.848. The van der Waals surface area contributed by atoms with Gasteiger partial charge in [-0.05, 0) is 91.4 Å². The molecular formula is C18H24OS. The fraction of sp³-hybridized carbons (Fsp3) is 0.444. The maximum atomic E-state index is 10.9. The lowest BCUT2D eigenvalue weighted by Gasteiger charge is -2.22. The van der Waals surface area contributed by atoms with E-state index in [2.05, 4.69) is 53.0 Å². The Morgan fingerprint density at radius 3 is 1.95 bits per heavy atom. The number of rotatable bonds is 3. The second kappa shape index (κ2) is 5.71. The van der Waals surface area contributed by atoms with E-state index in [1.807, 2.05) is 0 Å². The Bertz CT molecular complexity index is 608. The van der Waals surface area contributed by atoms with Crippen LogP contribution >= 0.6 is 11.3 Å². The average molecular weight is 288 g/mol. The standard InChI is InChI=1S/C18H24OS/c1-7-15-8-9-20-18(15)17(19)16-13(5)11(3)10(2)12(4)14(16)6/h8-9,17,19H,7H2,1-6H3. The number of aliphatic hydroxyl groups excluding tert-OH is 1. The number of hydrogen-bond acceptors (Lipinski definition) is 2. The van der Waals surface area contributed by atoms with Crippen LogP contribution in [-0.2, 0) is 6.42 Å². The lowest BCUT2D eigenvalue weighted by atomic mass is 9.86. The number of aryl methyl sites for hydroxylation is 1. The Kier molecular flexibility index (Phi) is 4.36. The lowest BCUT2D eigenvalue weighted by molar-refractivity contribution is 0.221. The van der Waals surface area contributed by atoms with Crippen LogP contribution in [0.15, 0.2) is 11.4 Å². The van der Waals surface area contributed by atoms with Gasteiger partial charge in [0.25, 0.3) is 0 Å². The first-order valence-corrected chi connectivity index (χ1v) is 8.09. The van der Waals surface area contributed by atoms with Crippen LogP contribution in [0.5, 0.6) is 0 Å².